The first-order valence-electron chi connectivity index (χ1n) is 2.41. The second-order valence-corrected chi connectivity index (χ2v) is 1.64. The zero-order chi connectivity index (χ0) is 6.85. The fourth-order valence-electron chi connectivity index (χ4n) is 0.519. The van der Waals surface area contributed by atoms with Gasteiger partial charge in [-0.15, -0.1) is 0 Å². The maximum Gasteiger partial charge on any atom is 0.200 e. The molecule has 1 aromatic carbocycles. The predicted octanol–water partition coefficient (Wildman–Crippen LogP) is 0.423. The van der Waals surface area contributed by atoms with E-state index in [0.717, 1.165) is 0 Å². The van der Waals surface area contributed by atoms with E-state index < -0.39 is 5.75 Å². The van der Waals surface area contributed by atoms with Crippen molar-refractivity contribution in [2.45, 2.75) is 0 Å². The van der Waals surface area contributed by atoms with Crippen LogP contribution < -0.4 is 0 Å². The van der Waals surface area contributed by atoms with Crippen LogP contribution >= 0.6 is 0 Å². The van der Waals surface area contributed by atoms with Crippen molar-refractivity contribution < 1.29 is 15.3 Å². The van der Waals surface area contributed by atoms with Gasteiger partial charge in [-0.1, -0.05) is 6.07 Å². The van der Waals surface area contributed by atoms with Gasteiger partial charge in [-0.2, -0.15) is 0 Å². The third-order valence-electron chi connectivity index (χ3n) is 0.993. The average molecular weight is 149 g/mol. The SMILES string of the molecule is Oc1cccc(O)c1O.[Na]. The van der Waals surface area contributed by atoms with Crippen molar-refractivity contribution in [1.29, 1.82) is 0 Å². The van der Waals surface area contributed by atoms with E-state index in [4.69, 9.17) is 15.3 Å². The molecule has 3 nitrogen and oxygen atoms in total. The van der Waals surface area contributed by atoms with E-state index in [2.05, 4.69) is 0 Å². The second kappa shape index (κ2) is 3.71. The van der Waals surface area contributed by atoms with Gasteiger partial charge in [0.05, 0.1) is 0 Å². The predicted molar refractivity (Wildman–Crippen MR) is 37.2 cm³/mol. The summed E-state index contributed by atoms with van der Waals surface area (Å²) in [6.45, 7) is 0. The Morgan fingerprint density at radius 3 is 1.60 bits per heavy atom. The summed E-state index contributed by atoms with van der Waals surface area (Å²) < 4.78 is 0. The third kappa shape index (κ3) is 1.80. The van der Waals surface area contributed by atoms with Gasteiger partial charge in [0.1, 0.15) is 0 Å². The van der Waals surface area contributed by atoms with Crippen LogP contribution in [0.25, 0.3) is 0 Å². The summed E-state index contributed by atoms with van der Waals surface area (Å²) in [5.41, 5.74) is 0. The summed E-state index contributed by atoms with van der Waals surface area (Å²) in [5, 5.41) is 26.1. The molecular formula is C6H6NaO3. The van der Waals surface area contributed by atoms with E-state index >= 15 is 0 Å². The Morgan fingerprint density at radius 2 is 1.30 bits per heavy atom. The smallest absolute Gasteiger partial charge is 0.200 e. The molecule has 4 heteroatoms. The maximum atomic E-state index is 8.71. The molecule has 0 heterocycles. The fourth-order valence-corrected chi connectivity index (χ4v) is 0.519. The molecule has 0 bridgehead atoms. The van der Waals surface area contributed by atoms with Crippen molar-refractivity contribution >= 4 is 29.6 Å². The molecule has 0 aliphatic rings. The molecule has 0 aromatic heterocycles. The van der Waals surface area contributed by atoms with Gasteiger partial charge in [0, 0.05) is 29.6 Å². The van der Waals surface area contributed by atoms with Gasteiger partial charge >= 0.3 is 0 Å². The summed E-state index contributed by atoms with van der Waals surface area (Å²) >= 11 is 0. The molecule has 1 rings (SSSR count). The number of para-hydroxylation sites is 1. The molecule has 0 saturated carbocycles. The molecule has 1 aromatic rings. The summed E-state index contributed by atoms with van der Waals surface area (Å²) in [7, 11) is 0. The normalized spacial score (nSPS) is 8.40. The molecule has 0 spiro atoms. The van der Waals surface area contributed by atoms with Crippen LogP contribution in [-0.4, -0.2) is 44.9 Å². The number of hydrogen-bond donors (Lipinski definition) is 3. The van der Waals surface area contributed by atoms with Crippen LogP contribution in [0.3, 0.4) is 0 Å². The van der Waals surface area contributed by atoms with Crippen LogP contribution in [0.2, 0.25) is 0 Å². The van der Waals surface area contributed by atoms with Crippen LogP contribution in [0.4, 0.5) is 0 Å². The van der Waals surface area contributed by atoms with Crippen LogP contribution in [0, 0.1) is 0 Å². The van der Waals surface area contributed by atoms with Crippen molar-refractivity contribution in [3.8, 4) is 17.2 Å². The van der Waals surface area contributed by atoms with Crippen molar-refractivity contribution in [1.82, 2.24) is 0 Å². The van der Waals surface area contributed by atoms with E-state index in [1.165, 1.54) is 18.2 Å². The summed E-state index contributed by atoms with van der Waals surface area (Å²) in [4.78, 5) is 0. The Morgan fingerprint density at radius 1 is 0.900 bits per heavy atom. The van der Waals surface area contributed by atoms with Crippen LogP contribution in [-0.2, 0) is 0 Å². The molecule has 10 heavy (non-hydrogen) atoms. The zero-order valence-electron chi connectivity index (χ0n) is 5.57. The maximum absolute atomic E-state index is 8.71. The summed E-state index contributed by atoms with van der Waals surface area (Å²) in [6.07, 6.45) is 0. The topological polar surface area (TPSA) is 60.7 Å². The van der Waals surface area contributed by atoms with E-state index in [-0.39, 0.29) is 41.1 Å². The van der Waals surface area contributed by atoms with Crippen LogP contribution in [0.5, 0.6) is 17.2 Å². The number of phenols is 3. The standard InChI is InChI=1S/C6H6O3.Na/c7-4-2-1-3-5(8)6(4)9;/h1-3,7-9H;. The monoisotopic (exact) mass is 149 g/mol. The number of aromatic hydroxyl groups is 3. The molecule has 0 amide bonds. The van der Waals surface area contributed by atoms with Gasteiger partial charge in [-0.05, 0) is 12.1 Å². The summed E-state index contributed by atoms with van der Waals surface area (Å²) in [6, 6.07) is 4.01. The molecular weight excluding hydrogens is 143 g/mol. The fraction of sp³-hybridized carbons (Fsp3) is 0. The Bertz CT molecular complexity index is 204. The molecule has 3 N–H and O–H groups in total. The largest absolute Gasteiger partial charge is 0.504 e. The third-order valence-corrected chi connectivity index (χ3v) is 0.993. The molecule has 0 unspecified atom stereocenters. The van der Waals surface area contributed by atoms with E-state index in [1.807, 2.05) is 0 Å². The Labute approximate surface area is 80.2 Å². The van der Waals surface area contributed by atoms with Gasteiger partial charge in [-0.3, -0.25) is 0 Å². The van der Waals surface area contributed by atoms with Gasteiger partial charge in [0.15, 0.2) is 17.2 Å². The number of hydrogen-bond acceptors (Lipinski definition) is 3. The Balaban J connectivity index is 0.000000810. The van der Waals surface area contributed by atoms with E-state index in [1.54, 1.807) is 0 Å². The van der Waals surface area contributed by atoms with Gasteiger partial charge < -0.3 is 15.3 Å². The van der Waals surface area contributed by atoms with Gasteiger partial charge in [-0.25, -0.2) is 0 Å². The average Bonchev–Trinajstić information content (AvgIpc) is 1.83. The van der Waals surface area contributed by atoms with Crippen LogP contribution in [0.1, 0.15) is 0 Å². The van der Waals surface area contributed by atoms with Crippen molar-refractivity contribution in [3.63, 3.8) is 0 Å². The molecule has 0 atom stereocenters. The Kier molecular flexibility index (Phi) is 3.57. The first kappa shape index (κ1) is 9.62. The van der Waals surface area contributed by atoms with E-state index in [9.17, 15) is 0 Å². The molecule has 0 aliphatic carbocycles. The quantitative estimate of drug-likeness (QED) is 0.370. The minimum absolute atomic E-state index is 0. The van der Waals surface area contributed by atoms with E-state index in [0.29, 0.717) is 0 Å². The zero-order valence-corrected chi connectivity index (χ0v) is 7.57. The Hall–Kier alpha value is -0.380. The second-order valence-electron chi connectivity index (χ2n) is 1.64. The minimum Gasteiger partial charge on any atom is -0.504 e. The van der Waals surface area contributed by atoms with Crippen LogP contribution in [0.15, 0.2) is 18.2 Å². The number of benzene rings is 1. The van der Waals surface area contributed by atoms with Crippen molar-refractivity contribution in [3.05, 3.63) is 18.2 Å². The first-order chi connectivity index (χ1) is 4.22. The summed E-state index contributed by atoms with van der Waals surface area (Å²) in [5.74, 6) is -1.09. The molecule has 1 radical (unpaired) electrons. The van der Waals surface area contributed by atoms with Gasteiger partial charge in [0.25, 0.3) is 0 Å². The minimum atomic E-state index is -0.475. The van der Waals surface area contributed by atoms with Gasteiger partial charge in [0.2, 0.25) is 0 Å². The molecule has 0 aliphatic heterocycles. The molecule has 49 valence electrons. The molecule has 0 fully saturated rings. The van der Waals surface area contributed by atoms with Crippen molar-refractivity contribution in [2.24, 2.45) is 0 Å². The molecule has 0 saturated heterocycles. The first-order valence-corrected chi connectivity index (χ1v) is 2.41. The van der Waals surface area contributed by atoms with Crippen molar-refractivity contribution in [2.75, 3.05) is 0 Å². The number of rotatable bonds is 0. The number of phenolic OH excluding ortho intramolecular Hbond substituents is 3.